The molecule has 26 heavy (non-hydrogen) atoms. The van der Waals surface area contributed by atoms with Gasteiger partial charge in [0.2, 0.25) is 0 Å². The second-order valence-electron chi connectivity index (χ2n) is 7.82. The van der Waals surface area contributed by atoms with Crippen molar-refractivity contribution in [2.75, 3.05) is 29.8 Å². The Hall–Kier alpha value is -2.32. The Morgan fingerprint density at radius 1 is 1.08 bits per heavy atom. The van der Waals surface area contributed by atoms with Crippen LogP contribution in [0.25, 0.3) is 0 Å². The van der Waals surface area contributed by atoms with Gasteiger partial charge in [0.05, 0.1) is 6.67 Å². The molecule has 3 rings (SSSR count). The molecule has 1 aliphatic heterocycles. The zero-order chi connectivity index (χ0) is 18.7. The SMILES string of the molecule is C[Si](C)(C)CCOCN1CN(Cc2ccccc2)c2c1[nH]c(=O)[nH]c2=O. The maximum Gasteiger partial charge on any atom is 0.327 e. The van der Waals surface area contributed by atoms with Gasteiger partial charge in [0.15, 0.2) is 0 Å². The van der Waals surface area contributed by atoms with E-state index >= 15 is 0 Å². The highest BCUT2D eigenvalue weighted by Gasteiger charge is 2.30. The Balaban J connectivity index is 1.76. The number of ether oxygens (including phenoxy) is 1. The van der Waals surface area contributed by atoms with Gasteiger partial charge in [-0.25, -0.2) is 4.79 Å². The second-order valence-corrected chi connectivity index (χ2v) is 13.4. The predicted octanol–water partition coefficient (Wildman–Crippen LogP) is 2.16. The summed E-state index contributed by atoms with van der Waals surface area (Å²) in [6.45, 7) is 9.05. The Labute approximate surface area is 153 Å². The van der Waals surface area contributed by atoms with Crippen LogP contribution in [0.1, 0.15) is 5.56 Å². The zero-order valence-electron chi connectivity index (χ0n) is 15.5. The van der Waals surface area contributed by atoms with Gasteiger partial charge >= 0.3 is 5.69 Å². The van der Waals surface area contributed by atoms with E-state index in [0.29, 0.717) is 38.1 Å². The number of aromatic nitrogens is 2. The third kappa shape index (κ3) is 4.44. The lowest BCUT2D eigenvalue weighted by Crippen LogP contribution is -2.33. The van der Waals surface area contributed by atoms with Gasteiger partial charge in [0, 0.05) is 21.2 Å². The van der Waals surface area contributed by atoms with Gasteiger partial charge < -0.3 is 14.5 Å². The fourth-order valence-electron chi connectivity index (χ4n) is 2.93. The summed E-state index contributed by atoms with van der Waals surface area (Å²) in [6.07, 6.45) is 0. The molecule has 0 fully saturated rings. The van der Waals surface area contributed by atoms with Crippen LogP contribution in [0.5, 0.6) is 0 Å². The summed E-state index contributed by atoms with van der Waals surface area (Å²) in [5.41, 5.74) is 0.722. The second kappa shape index (κ2) is 7.51. The van der Waals surface area contributed by atoms with E-state index in [4.69, 9.17) is 4.74 Å². The topological polar surface area (TPSA) is 81.4 Å². The molecule has 0 bridgehead atoms. The number of hydrogen-bond donors (Lipinski definition) is 2. The van der Waals surface area contributed by atoms with E-state index in [0.717, 1.165) is 11.6 Å². The minimum Gasteiger partial charge on any atom is -0.361 e. The van der Waals surface area contributed by atoms with Gasteiger partial charge in [-0.05, 0) is 11.6 Å². The number of nitrogens with zero attached hydrogens (tertiary/aromatic N) is 2. The Morgan fingerprint density at radius 3 is 2.50 bits per heavy atom. The standard InChI is InChI=1S/C18H26N4O3Si/c1-26(2,3)10-9-25-13-22-12-21(11-14-7-5-4-6-8-14)15-16(22)19-18(24)20-17(15)23/h4-8H,9-13H2,1-3H3,(H2,19,20,23,24). The Bertz CT molecular complexity index is 857. The fraction of sp³-hybridized carbons (Fsp3) is 0.444. The molecule has 0 aliphatic carbocycles. The fourth-order valence-corrected chi connectivity index (χ4v) is 3.69. The number of anilines is 2. The maximum absolute atomic E-state index is 12.4. The molecule has 1 aliphatic rings. The molecule has 0 saturated carbocycles. The van der Waals surface area contributed by atoms with Crippen LogP contribution in [0, 0.1) is 0 Å². The van der Waals surface area contributed by atoms with E-state index in [1.807, 2.05) is 40.1 Å². The van der Waals surface area contributed by atoms with Gasteiger partial charge in [-0.3, -0.25) is 14.8 Å². The first-order valence-corrected chi connectivity index (χ1v) is 12.5. The summed E-state index contributed by atoms with van der Waals surface area (Å²) in [5, 5.41) is 0. The first-order chi connectivity index (χ1) is 12.3. The van der Waals surface area contributed by atoms with Crippen LogP contribution < -0.4 is 21.0 Å². The van der Waals surface area contributed by atoms with E-state index in [1.54, 1.807) is 0 Å². The lowest BCUT2D eigenvalue weighted by molar-refractivity contribution is 0.147. The summed E-state index contributed by atoms with van der Waals surface area (Å²) in [7, 11) is -1.15. The van der Waals surface area contributed by atoms with Crippen molar-refractivity contribution in [1.82, 2.24) is 9.97 Å². The first kappa shape index (κ1) is 18.5. The summed E-state index contributed by atoms with van der Waals surface area (Å²) in [5.74, 6) is 0.530. The number of H-pyrrole nitrogens is 2. The smallest absolute Gasteiger partial charge is 0.327 e. The molecule has 0 saturated heterocycles. The summed E-state index contributed by atoms with van der Waals surface area (Å²) in [6, 6.07) is 11.0. The molecule has 1 aromatic heterocycles. The third-order valence-corrected chi connectivity index (χ3v) is 6.04. The molecule has 7 nitrogen and oxygen atoms in total. The minimum atomic E-state index is -1.15. The average Bonchev–Trinajstić information content (AvgIpc) is 2.89. The molecular weight excluding hydrogens is 348 g/mol. The van der Waals surface area contributed by atoms with Crippen molar-refractivity contribution in [1.29, 1.82) is 0 Å². The van der Waals surface area contributed by atoms with Crippen molar-refractivity contribution in [3.8, 4) is 0 Å². The van der Waals surface area contributed by atoms with Crippen LogP contribution in [0.3, 0.4) is 0 Å². The monoisotopic (exact) mass is 374 g/mol. The van der Waals surface area contributed by atoms with Gasteiger partial charge in [-0.15, -0.1) is 0 Å². The molecule has 0 radical (unpaired) electrons. The molecule has 2 heterocycles. The molecule has 2 N–H and O–H groups in total. The molecule has 1 aromatic carbocycles. The first-order valence-electron chi connectivity index (χ1n) is 8.82. The van der Waals surface area contributed by atoms with Crippen LogP contribution in [-0.2, 0) is 11.3 Å². The average molecular weight is 375 g/mol. The Kier molecular flexibility index (Phi) is 5.33. The highest BCUT2D eigenvalue weighted by molar-refractivity contribution is 6.76. The van der Waals surface area contributed by atoms with Crippen LogP contribution in [0.15, 0.2) is 39.9 Å². The van der Waals surface area contributed by atoms with E-state index < -0.39 is 13.8 Å². The highest BCUT2D eigenvalue weighted by Crippen LogP contribution is 2.30. The lowest BCUT2D eigenvalue weighted by atomic mass is 10.2. The van der Waals surface area contributed by atoms with Crippen LogP contribution in [0.4, 0.5) is 11.5 Å². The van der Waals surface area contributed by atoms with Crippen LogP contribution in [-0.4, -0.2) is 38.0 Å². The quantitative estimate of drug-likeness (QED) is 0.573. The van der Waals surface area contributed by atoms with Crippen molar-refractivity contribution >= 4 is 19.6 Å². The van der Waals surface area contributed by atoms with E-state index in [2.05, 4.69) is 29.6 Å². The van der Waals surface area contributed by atoms with Gasteiger partial charge in [-0.2, -0.15) is 0 Å². The van der Waals surface area contributed by atoms with Crippen molar-refractivity contribution in [3.05, 3.63) is 56.7 Å². The highest BCUT2D eigenvalue weighted by atomic mass is 28.3. The van der Waals surface area contributed by atoms with Crippen LogP contribution >= 0.6 is 0 Å². The molecule has 2 aromatic rings. The predicted molar refractivity (Wildman–Crippen MR) is 107 cm³/mol. The van der Waals surface area contributed by atoms with E-state index in [9.17, 15) is 9.59 Å². The molecular formula is C18H26N4O3Si. The van der Waals surface area contributed by atoms with Gasteiger partial charge in [0.1, 0.15) is 18.2 Å². The minimum absolute atomic E-state index is 0.349. The number of rotatable bonds is 7. The molecule has 0 atom stereocenters. The van der Waals surface area contributed by atoms with Crippen LogP contribution in [0.2, 0.25) is 25.7 Å². The van der Waals surface area contributed by atoms with Crippen molar-refractivity contribution in [2.24, 2.45) is 0 Å². The van der Waals surface area contributed by atoms with Gasteiger partial charge in [0.25, 0.3) is 5.56 Å². The third-order valence-electron chi connectivity index (χ3n) is 4.33. The van der Waals surface area contributed by atoms with Crippen molar-refractivity contribution < 1.29 is 4.74 Å². The number of benzene rings is 1. The number of fused-ring (bicyclic) bond motifs is 1. The summed E-state index contributed by atoms with van der Waals surface area (Å²) in [4.78, 5) is 33.0. The zero-order valence-corrected chi connectivity index (χ0v) is 16.5. The lowest BCUT2D eigenvalue weighted by Gasteiger charge is -2.22. The molecule has 8 heteroatoms. The largest absolute Gasteiger partial charge is 0.361 e. The van der Waals surface area contributed by atoms with Crippen molar-refractivity contribution in [3.63, 3.8) is 0 Å². The number of aromatic amines is 2. The molecule has 140 valence electrons. The summed E-state index contributed by atoms with van der Waals surface area (Å²) >= 11 is 0. The molecule has 0 spiro atoms. The Morgan fingerprint density at radius 2 is 1.81 bits per heavy atom. The van der Waals surface area contributed by atoms with E-state index in [-0.39, 0.29) is 5.56 Å². The molecule has 0 amide bonds. The number of nitrogens with one attached hydrogen (secondary N) is 2. The van der Waals surface area contributed by atoms with Gasteiger partial charge in [-0.1, -0.05) is 50.0 Å². The maximum atomic E-state index is 12.4. The molecule has 0 unspecified atom stereocenters. The summed E-state index contributed by atoms with van der Waals surface area (Å²) < 4.78 is 5.83. The van der Waals surface area contributed by atoms with Crippen molar-refractivity contribution in [2.45, 2.75) is 32.2 Å². The van der Waals surface area contributed by atoms with E-state index in [1.165, 1.54) is 0 Å². The number of hydrogen-bond acceptors (Lipinski definition) is 5. The normalized spacial score (nSPS) is 14.0.